The number of hydrogen-bond acceptors (Lipinski definition) is 9. The van der Waals surface area contributed by atoms with Gasteiger partial charge in [0.25, 0.3) is 5.91 Å². The van der Waals surface area contributed by atoms with E-state index in [0.29, 0.717) is 31.7 Å². The predicted octanol–water partition coefficient (Wildman–Crippen LogP) is 6.69. The Morgan fingerprint density at radius 1 is 0.810 bits per heavy atom. The van der Waals surface area contributed by atoms with E-state index in [2.05, 4.69) is 66.8 Å². The Hall–Kier alpha value is -5.98. The van der Waals surface area contributed by atoms with E-state index >= 15 is 0 Å². The van der Waals surface area contributed by atoms with Crippen LogP contribution in [-0.2, 0) is 27.4 Å². The summed E-state index contributed by atoms with van der Waals surface area (Å²) in [5, 5.41) is 15.8. The number of para-hydroxylation sites is 3. The number of aromatic nitrogens is 2. The lowest BCUT2D eigenvalue weighted by Gasteiger charge is -2.45. The minimum Gasteiger partial charge on any atom is -0.392 e. The van der Waals surface area contributed by atoms with Gasteiger partial charge in [-0.3, -0.25) is 14.6 Å². The third kappa shape index (κ3) is 7.81. The molecule has 294 valence electrons. The topological polar surface area (TPSA) is 129 Å². The Labute approximate surface area is 337 Å². The van der Waals surface area contributed by atoms with E-state index in [-0.39, 0.29) is 36.3 Å². The third-order valence-corrected chi connectivity index (χ3v) is 11.7. The molecule has 9 rings (SSSR count). The van der Waals surface area contributed by atoms with Crippen LogP contribution in [-0.4, -0.2) is 69.7 Å². The summed E-state index contributed by atoms with van der Waals surface area (Å²) in [4.78, 5) is 39.9. The molecular formula is C47H46N6O5. The van der Waals surface area contributed by atoms with Crippen LogP contribution in [0.5, 0.6) is 0 Å². The van der Waals surface area contributed by atoms with Gasteiger partial charge in [-0.25, -0.2) is 4.98 Å². The number of anilines is 1. The molecule has 0 aliphatic carbocycles. The molecule has 0 bridgehead atoms. The second-order valence-electron chi connectivity index (χ2n) is 15.4. The number of fused-ring (bicyclic) bond motifs is 1. The number of amides is 2. The van der Waals surface area contributed by atoms with Gasteiger partial charge in [0.05, 0.1) is 42.7 Å². The lowest BCUT2D eigenvalue weighted by atomic mass is 9.85. The zero-order valence-corrected chi connectivity index (χ0v) is 32.2. The number of likely N-dealkylation sites (tertiary alicyclic amines) is 1. The molecule has 0 saturated carbocycles. The SMILES string of the molecule is O=C(NCc1cccc(-c2cccc(C3OC(CN4CCC5(CC4)C(=O)NCN5c4ccccc4)CC(c4ccc(CO)cc4)O3)c2)c1)c1cnc2ccccc2n1. The highest BCUT2D eigenvalue weighted by Gasteiger charge is 2.50. The van der Waals surface area contributed by atoms with Crippen LogP contribution in [0.1, 0.15) is 64.4 Å². The fourth-order valence-corrected chi connectivity index (χ4v) is 8.52. The third-order valence-electron chi connectivity index (χ3n) is 11.7. The Bertz CT molecular complexity index is 2400. The van der Waals surface area contributed by atoms with E-state index in [4.69, 9.17) is 9.47 Å². The van der Waals surface area contributed by atoms with Gasteiger partial charge in [0.15, 0.2) is 6.29 Å². The number of aliphatic hydroxyl groups excluding tert-OH is 1. The van der Waals surface area contributed by atoms with Gasteiger partial charge in [-0.1, -0.05) is 91.0 Å². The molecule has 0 radical (unpaired) electrons. The first kappa shape index (κ1) is 37.6. The van der Waals surface area contributed by atoms with Crippen molar-refractivity contribution in [3.63, 3.8) is 0 Å². The summed E-state index contributed by atoms with van der Waals surface area (Å²) in [7, 11) is 0. The van der Waals surface area contributed by atoms with Crippen LogP contribution in [0.3, 0.4) is 0 Å². The van der Waals surface area contributed by atoms with Crippen LogP contribution >= 0.6 is 0 Å². The van der Waals surface area contributed by atoms with E-state index in [1.807, 2.05) is 91.0 Å². The van der Waals surface area contributed by atoms with Crippen LogP contribution < -0.4 is 15.5 Å². The van der Waals surface area contributed by atoms with Crippen LogP contribution in [0.4, 0.5) is 5.69 Å². The molecule has 4 heterocycles. The highest BCUT2D eigenvalue weighted by atomic mass is 16.7. The summed E-state index contributed by atoms with van der Waals surface area (Å²) in [6.07, 6.45) is 2.68. The first-order valence-electron chi connectivity index (χ1n) is 20.0. The average Bonchev–Trinajstić information content (AvgIpc) is 3.60. The van der Waals surface area contributed by atoms with Gasteiger partial charge in [-0.15, -0.1) is 0 Å². The number of rotatable bonds is 10. The van der Waals surface area contributed by atoms with Gasteiger partial charge in [0.2, 0.25) is 5.91 Å². The lowest BCUT2D eigenvalue weighted by molar-refractivity contribution is -0.253. The van der Waals surface area contributed by atoms with Crippen molar-refractivity contribution in [1.29, 1.82) is 0 Å². The molecule has 3 N–H and O–H groups in total. The van der Waals surface area contributed by atoms with Gasteiger partial charge in [0.1, 0.15) is 11.2 Å². The number of carbonyl (C=O) groups excluding carboxylic acids is 2. The number of aliphatic hydroxyl groups is 1. The monoisotopic (exact) mass is 774 g/mol. The number of ether oxygens (including phenoxy) is 2. The fraction of sp³-hybridized carbons (Fsp3) is 0.277. The summed E-state index contributed by atoms with van der Waals surface area (Å²) >= 11 is 0. The first-order chi connectivity index (χ1) is 28.4. The van der Waals surface area contributed by atoms with Gasteiger partial charge < -0.3 is 35.0 Å². The lowest BCUT2D eigenvalue weighted by Crippen LogP contribution is -2.57. The van der Waals surface area contributed by atoms with Crippen molar-refractivity contribution in [1.82, 2.24) is 25.5 Å². The maximum absolute atomic E-state index is 13.3. The number of nitrogens with one attached hydrogen (secondary N) is 2. The van der Waals surface area contributed by atoms with Crippen LogP contribution in [0.15, 0.2) is 134 Å². The number of carbonyl (C=O) groups is 2. The van der Waals surface area contributed by atoms with Crippen molar-refractivity contribution in [2.75, 3.05) is 31.2 Å². The summed E-state index contributed by atoms with van der Waals surface area (Å²) in [5.41, 5.74) is 7.96. The number of benzene rings is 5. The van der Waals surface area contributed by atoms with Crippen molar-refractivity contribution in [2.24, 2.45) is 0 Å². The van der Waals surface area contributed by atoms with Crippen molar-refractivity contribution in [3.05, 3.63) is 162 Å². The van der Waals surface area contributed by atoms with Gasteiger partial charge in [-0.2, -0.15) is 0 Å². The van der Waals surface area contributed by atoms with E-state index in [0.717, 1.165) is 70.5 Å². The summed E-state index contributed by atoms with van der Waals surface area (Å²) in [5.74, 6) is -0.176. The maximum Gasteiger partial charge on any atom is 0.271 e. The second kappa shape index (κ2) is 16.5. The smallest absolute Gasteiger partial charge is 0.271 e. The second-order valence-corrected chi connectivity index (χ2v) is 15.4. The number of nitrogens with zero attached hydrogens (tertiary/aromatic N) is 4. The van der Waals surface area contributed by atoms with E-state index in [1.54, 1.807) is 0 Å². The molecule has 3 unspecified atom stereocenters. The minimum atomic E-state index is -0.614. The Morgan fingerprint density at radius 2 is 1.55 bits per heavy atom. The molecule has 5 aromatic carbocycles. The normalized spacial score (nSPS) is 20.6. The largest absolute Gasteiger partial charge is 0.392 e. The Balaban J connectivity index is 0.902. The molecule has 3 saturated heterocycles. The molecule has 11 nitrogen and oxygen atoms in total. The van der Waals surface area contributed by atoms with Gasteiger partial charge >= 0.3 is 0 Å². The van der Waals surface area contributed by atoms with E-state index in [9.17, 15) is 14.7 Å². The van der Waals surface area contributed by atoms with Crippen LogP contribution in [0.2, 0.25) is 0 Å². The molecule has 1 spiro atoms. The molecule has 6 aromatic rings. The zero-order valence-electron chi connectivity index (χ0n) is 32.2. The van der Waals surface area contributed by atoms with E-state index < -0.39 is 11.8 Å². The molecule has 3 atom stereocenters. The van der Waals surface area contributed by atoms with Crippen molar-refractivity contribution in [2.45, 2.75) is 56.5 Å². The van der Waals surface area contributed by atoms with Crippen molar-refractivity contribution >= 4 is 28.5 Å². The maximum atomic E-state index is 13.3. The Kier molecular flexibility index (Phi) is 10.7. The number of piperidine rings is 1. The first-order valence-corrected chi connectivity index (χ1v) is 20.0. The molecule has 1 aromatic heterocycles. The van der Waals surface area contributed by atoms with Crippen LogP contribution in [0.25, 0.3) is 22.2 Å². The average molecular weight is 775 g/mol. The molecular weight excluding hydrogens is 729 g/mol. The summed E-state index contributed by atoms with van der Waals surface area (Å²) in [6.45, 7) is 3.11. The molecule has 3 fully saturated rings. The molecule has 58 heavy (non-hydrogen) atoms. The molecule has 3 aliphatic rings. The standard InChI is InChI=1S/C47H46N6O5/c54-30-32-16-18-34(19-17-32)43-26-39(29-52-22-20-47(21-23-52)46(56)50-31-53(47)38-12-2-1-3-13-38)57-45(58-43)37-11-7-10-36(25-37)35-9-6-8-33(24-35)27-49-44(55)42-28-48-40-14-4-5-15-41(40)51-42/h1-19,24-25,28,39,43,45,54H,20-23,26-27,29-31H2,(H,49,55)(H,50,56). The fourth-order valence-electron chi connectivity index (χ4n) is 8.52. The predicted molar refractivity (Wildman–Crippen MR) is 221 cm³/mol. The molecule has 11 heteroatoms. The minimum absolute atomic E-state index is 0.0180. The Morgan fingerprint density at radius 3 is 2.34 bits per heavy atom. The summed E-state index contributed by atoms with van der Waals surface area (Å²) in [6, 6.07) is 42.0. The van der Waals surface area contributed by atoms with Crippen LogP contribution in [0, 0.1) is 0 Å². The highest BCUT2D eigenvalue weighted by Crippen LogP contribution is 2.41. The van der Waals surface area contributed by atoms with Gasteiger partial charge in [-0.05, 0) is 77.1 Å². The highest BCUT2D eigenvalue weighted by molar-refractivity contribution is 5.94. The van der Waals surface area contributed by atoms with Crippen molar-refractivity contribution < 1.29 is 24.2 Å². The quantitative estimate of drug-likeness (QED) is 0.139. The number of hydrogen-bond donors (Lipinski definition) is 3. The zero-order chi connectivity index (χ0) is 39.5. The molecule has 3 aliphatic heterocycles. The van der Waals surface area contributed by atoms with E-state index in [1.165, 1.54) is 6.20 Å². The van der Waals surface area contributed by atoms with Gasteiger partial charge in [0, 0.05) is 43.9 Å². The summed E-state index contributed by atoms with van der Waals surface area (Å²) < 4.78 is 13.5. The molecule has 2 amide bonds. The van der Waals surface area contributed by atoms with Crippen molar-refractivity contribution in [3.8, 4) is 11.1 Å².